The van der Waals surface area contributed by atoms with E-state index in [1.54, 1.807) is 17.2 Å². The summed E-state index contributed by atoms with van der Waals surface area (Å²) in [7, 11) is 0. The molecular weight excluding hydrogens is 152 g/mol. The molecule has 2 heterocycles. The highest BCUT2D eigenvalue weighted by atomic mass is 15.3. The Labute approximate surface area is 69.9 Å². The highest BCUT2D eigenvalue weighted by Crippen LogP contribution is 2.04. The first-order chi connectivity index (χ1) is 5.86. The highest BCUT2D eigenvalue weighted by Gasteiger charge is 1.95. The fourth-order valence-electron chi connectivity index (χ4n) is 1.01. The average Bonchev–Trinajstić information content (AvgIpc) is 2.56. The minimum Gasteiger partial charge on any atom is -0.261 e. The van der Waals surface area contributed by atoms with E-state index in [9.17, 15) is 0 Å². The minimum absolute atomic E-state index is 0.975. The van der Waals surface area contributed by atoms with Crippen molar-refractivity contribution >= 4 is 0 Å². The van der Waals surface area contributed by atoms with Gasteiger partial charge in [-0.2, -0.15) is 5.10 Å². The van der Waals surface area contributed by atoms with Crippen molar-refractivity contribution in [1.82, 2.24) is 19.7 Å². The van der Waals surface area contributed by atoms with Crippen LogP contribution in [0.4, 0.5) is 0 Å². The van der Waals surface area contributed by atoms with Gasteiger partial charge in [0.25, 0.3) is 0 Å². The van der Waals surface area contributed by atoms with Gasteiger partial charge >= 0.3 is 0 Å². The third kappa shape index (κ3) is 1.18. The predicted octanol–water partition coefficient (Wildman–Crippen LogP) is 0.971. The minimum atomic E-state index is 0.975. The molecule has 0 fully saturated rings. The van der Waals surface area contributed by atoms with Gasteiger partial charge < -0.3 is 0 Å². The van der Waals surface area contributed by atoms with Crippen LogP contribution in [-0.4, -0.2) is 19.7 Å². The summed E-state index contributed by atoms with van der Waals surface area (Å²) in [6.45, 7) is 1.94. The fraction of sp³-hybridized carbons (Fsp3) is 0.125. The zero-order chi connectivity index (χ0) is 8.39. The van der Waals surface area contributed by atoms with Crippen LogP contribution in [0.2, 0.25) is 0 Å². The van der Waals surface area contributed by atoms with Crippen molar-refractivity contribution in [2.45, 2.75) is 6.92 Å². The Kier molecular flexibility index (Phi) is 1.59. The maximum Gasteiger partial charge on any atom is 0.138 e. The first-order valence-corrected chi connectivity index (χ1v) is 3.64. The van der Waals surface area contributed by atoms with Gasteiger partial charge in [0, 0.05) is 11.9 Å². The molecule has 0 aliphatic carbocycles. The molecule has 0 amide bonds. The number of aromatic nitrogens is 4. The van der Waals surface area contributed by atoms with Crippen molar-refractivity contribution in [2.24, 2.45) is 0 Å². The zero-order valence-electron chi connectivity index (χ0n) is 6.68. The summed E-state index contributed by atoms with van der Waals surface area (Å²) in [5, 5.41) is 4.01. The molecule has 0 spiro atoms. The standard InChI is InChI=1S/C8H8N4/c1-7-4-8(2-3-10-7)12-6-9-5-11-12/h2-6H,1H3. The average molecular weight is 160 g/mol. The van der Waals surface area contributed by atoms with Gasteiger partial charge in [0.1, 0.15) is 12.7 Å². The van der Waals surface area contributed by atoms with E-state index in [1.807, 2.05) is 19.1 Å². The Morgan fingerprint density at radius 3 is 3.00 bits per heavy atom. The van der Waals surface area contributed by atoms with E-state index in [1.165, 1.54) is 6.33 Å². The molecule has 2 rings (SSSR count). The van der Waals surface area contributed by atoms with Crippen LogP contribution in [0.15, 0.2) is 31.0 Å². The van der Waals surface area contributed by atoms with Crippen LogP contribution in [0.5, 0.6) is 0 Å². The van der Waals surface area contributed by atoms with E-state index in [0.29, 0.717) is 0 Å². The van der Waals surface area contributed by atoms with E-state index in [4.69, 9.17) is 0 Å². The molecule has 4 nitrogen and oxygen atoms in total. The molecule has 0 atom stereocenters. The summed E-state index contributed by atoms with van der Waals surface area (Å²) < 4.78 is 1.70. The summed E-state index contributed by atoms with van der Waals surface area (Å²) in [6.07, 6.45) is 4.93. The van der Waals surface area contributed by atoms with Crippen LogP contribution in [0.3, 0.4) is 0 Å². The maximum atomic E-state index is 4.09. The molecule has 0 bridgehead atoms. The summed E-state index contributed by atoms with van der Waals surface area (Å²) >= 11 is 0. The lowest BCUT2D eigenvalue weighted by Crippen LogP contribution is -1.95. The molecule has 0 unspecified atom stereocenters. The van der Waals surface area contributed by atoms with E-state index < -0.39 is 0 Å². The van der Waals surface area contributed by atoms with E-state index in [0.717, 1.165) is 11.4 Å². The molecule has 0 aliphatic heterocycles. The van der Waals surface area contributed by atoms with E-state index >= 15 is 0 Å². The first-order valence-electron chi connectivity index (χ1n) is 3.64. The van der Waals surface area contributed by atoms with Gasteiger partial charge in [-0.15, -0.1) is 0 Å². The summed E-state index contributed by atoms with van der Waals surface area (Å²) in [6, 6.07) is 3.84. The third-order valence-electron chi connectivity index (χ3n) is 1.56. The summed E-state index contributed by atoms with van der Waals surface area (Å²) in [5.41, 5.74) is 1.96. The number of rotatable bonds is 1. The van der Waals surface area contributed by atoms with Crippen LogP contribution >= 0.6 is 0 Å². The van der Waals surface area contributed by atoms with Crippen molar-refractivity contribution in [3.8, 4) is 5.69 Å². The zero-order valence-corrected chi connectivity index (χ0v) is 6.68. The monoisotopic (exact) mass is 160 g/mol. The SMILES string of the molecule is Cc1cc(-n2cncn2)ccn1. The lowest BCUT2D eigenvalue weighted by molar-refractivity contribution is 0.873. The lowest BCUT2D eigenvalue weighted by atomic mass is 10.3. The molecule has 2 aromatic heterocycles. The molecule has 0 saturated heterocycles. The van der Waals surface area contributed by atoms with Crippen LogP contribution in [0.1, 0.15) is 5.69 Å². The van der Waals surface area contributed by atoms with Gasteiger partial charge in [-0.25, -0.2) is 9.67 Å². The number of hydrogen-bond acceptors (Lipinski definition) is 3. The molecule has 0 radical (unpaired) electrons. The van der Waals surface area contributed by atoms with Gasteiger partial charge in [0.05, 0.1) is 5.69 Å². The Balaban J connectivity index is 2.48. The van der Waals surface area contributed by atoms with E-state index in [2.05, 4.69) is 15.1 Å². The molecule has 0 aromatic carbocycles. The fourth-order valence-corrected chi connectivity index (χ4v) is 1.01. The Hall–Kier alpha value is -1.71. The molecule has 0 saturated carbocycles. The second-order valence-corrected chi connectivity index (χ2v) is 2.50. The third-order valence-corrected chi connectivity index (χ3v) is 1.56. The van der Waals surface area contributed by atoms with Gasteiger partial charge in [-0.05, 0) is 19.1 Å². The highest BCUT2D eigenvalue weighted by molar-refractivity contribution is 5.29. The van der Waals surface area contributed by atoms with Gasteiger partial charge in [-0.3, -0.25) is 4.98 Å². The molecule has 0 N–H and O–H groups in total. The normalized spacial score (nSPS) is 10.1. The van der Waals surface area contributed by atoms with Crippen LogP contribution in [0.25, 0.3) is 5.69 Å². The molecule has 0 aliphatic rings. The van der Waals surface area contributed by atoms with E-state index in [-0.39, 0.29) is 0 Å². The first kappa shape index (κ1) is 6.97. The van der Waals surface area contributed by atoms with Crippen molar-refractivity contribution in [3.05, 3.63) is 36.7 Å². The van der Waals surface area contributed by atoms with Crippen LogP contribution in [0, 0.1) is 6.92 Å². The number of hydrogen-bond donors (Lipinski definition) is 0. The van der Waals surface area contributed by atoms with Gasteiger partial charge in [-0.1, -0.05) is 0 Å². The summed E-state index contributed by atoms with van der Waals surface area (Å²) in [4.78, 5) is 7.95. The molecule has 12 heavy (non-hydrogen) atoms. The second kappa shape index (κ2) is 2.73. The molecular formula is C8H8N4. The number of aryl methyl sites for hydroxylation is 1. The van der Waals surface area contributed by atoms with Gasteiger partial charge in [0.15, 0.2) is 0 Å². The molecule has 2 aromatic rings. The maximum absolute atomic E-state index is 4.09. The molecule has 4 heteroatoms. The smallest absolute Gasteiger partial charge is 0.138 e. The Bertz CT molecular complexity index is 366. The van der Waals surface area contributed by atoms with Crippen molar-refractivity contribution in [2.75, 3.05) is 0 Å². The predicted molar refractivity (Wildman–Crippen MR) is 43.9 cm³/mol. The van der Waals surface area contributed by atoms with Crippen LogP contribution < -0.4 is 0 Å². The Morgan fingerprint density at radius 1 is 1.42 bits per heavy atom. The Morgan fingerprint density at radius 2 is 2.33 bits per heavy atom. The topological polar surface area (TPSA) is 43.6 Å². The van der Waals surface area contributed by atoms with Gasteiger partial charge in [0.2, 0.25) is 0 Å². The lowest BCUT2D eigenvalue weighted by Gasteiger charge is -1.99. The summed E-state index contributed by atoms with van der Waals surface area (Å²) in [5.74, 6) is 0. The van der Waals surface area contributed by atoms with Crippen molar-refractivity contribution in [1.29, 1.82) is 0 Å². The van der Waals surface area contributed by atoms with Crippen molar-refractivity contribution < 1.29 is 0 Å². The number of pyridine rings is 1. The second-order valence-electron chi connectivity index (χ2n) is 2.50. The van der Waals surface area contributed by atoms with Crippen molar-refractivity contribution in [3.63, 3.8) is 0 Å². The van der Waals surface area contributed by atoms with Crippen LogP contribution in [-0.2, 0) is 0 Å². The largest absolute Gasteiger partial charge is 0.261 e. The quantitative estimate of drug-likeness (QED) is 0.624. The molecule has 60 valence electrons. The number of nitrogens with zero attached hydrogens (tertiary/aromatic N) is 4.